The third-order valence-corrected chi connectivity index (χ3v) is 5.18. The van der Waals surface area contributed by atoms with Gasteiger partial charge in [0.25, 0.3) is 0 Å². The Balaban J connectivity index is 1.78. The van der Waals surface area contributed by atoms with Crippen LogP contribution in [0, 0.1) is 0 Å². The minimum absolute atomic E-state index is 0.104. The summed E-state index contributed by atoms with van der Waals surface area (Å²) in [6, 6.07) is 16.7. The molecule has 1 aliphatic heterocycles. The van der Waals surface area contributed by atoms with Crippen molar-refractivity contribution in [2.45, 2.75) is 45.1 Å². The summed E-state index contributed by atoms with van der Waals surface area (Å²) >= 11 is 0. The predicted octanol–water partition coefficient (Wildman–Crippen LogP) is 4.66. The van der Waals surface area contributed by atoms with Gasteiger partial charge in [0.2, 0.25) is 0 Å². The molecule has 0 amide bonds. The first-order valence-corrected chi connectivity index (χ1v) is 9.04. The predicted molar refractivity (Wildman–Crippen MR) is 102 cm³/mol. The summed E-state index contributed by atoms with van der Waals surface area (Å²) in [7, 11) is 0. The zero-order valence-electron chi connectivity index (χ0n) is 14.8. The van der Waals surface area contributed by atoms with Gasteiger partial charge in [0.1, 0.15) is 17.0 Å². The maximum atomic E-state index is 6.37. The molecule has 3 heteroatoms. The molecule has 0 bridgehead atoms. The smallest absolute Gasteiger partial charge is 0.145 e. The molecule has 24 heavy (non-hydrogen) atoms. The number of nitrogens with two attached hydrogens (primary N) is 1. The van der Waals surface area contributed by atoms with Crippen molar-refractivity contribution in [3.63, 3.8) is 0 Å². The van der Waals surface area contributed by atoms with E-state index in [0.29, 0.717) is 0 Å². The van der Waals surface area contributed by atoms with Crippen LogP contribution in [0.2, 0.25) is 0 Å². The van der Waals surface area contributed by atoms with Crippen LogP contribution in [-0.4, -0.2) is 18.7 Å². The van der Waals surface area contributed by atoms with Crippen LogP contribution in [0.1, 0.15) is 38.7 Å². The van der Waals surface area contributed by atoms with Gasteiger partial charge in [-0.2, -0.15) is 0 Å². The Hall–Kier alpha value is -2.16. The van der Waals surface area contributed by atoms with Crippen LogP contribution in [0.4, 0.5) is 11.4 Å². The SMILES string of the molecule is CCC1(CC)CN(CCCc2ccccc2)c2c(N)cccc2O1. The number of fused-ring (bicyclic) bond motifs is 1. The maximum Gasteiger partial charge on any atom is 0.145 e. The molecule has 2 aromatic rings. The monoisotopic (exact) mass is 324 g/mol. The topological polar surface area (TPSA) is 38.5 Å². The highest BCUT2D eigenvalue weighted by atomic mass is 16.5. The second kappa shape index (κ2) is 7.16. The minimum Gasteiger partial charge on any atom is -0.483 e. The van der Waals surface area contributed by atoms with Crippen LogP contribution < -0.4 is 15.4 Å². The normalized spacial score (nSPS) is 15.7. The van der Waals surface area contributed by atoms with E-state index in [-0.39, 0.29) is 5.60 Å². The van der Waals surface area contributed by atoms with Crippen LogP contribution >= 0.6 is 0 Å². The fourth-order valence-electron chi connectivity index (χ4n) is 3.58. The van der Waals surface area contributed by atoms with Crippen molar-refractivity contribution >= 4 is 11.4 Å². The number of hydrogen-bond acceptors (Lipinski definition) is 3. The van der Waals surface area contributed by atoms with E-state index in [2.05, 4.69) is 55.1 Å². The van der Waals surface area contributed by atoms with Gasteiger partial charge in [-0.1, -0.05) is 50.2 Å². The van der Waals surface area contributed by atoms with Crippen LogP contribution in [0.5, 0.6) is 5.75 Å². The molecule has 0 atom stereocenters. The van der Waals surface area contributed by atoms with Crippen LogP contribution in [-0.2, 0) is 6.42 Å². The molecule has 0 spiro atoms. The first-order chi connectivity index (χ1) is 11.7. The zero-order chi connectivity index (χ0) is 17.0. The lowest BCUT2D eigenvalue weighted by atomic mass is 9.93. The summed E-state index contributed by atoms with van der Waals surface area (Å²) in [4.78, 5) is 2.43. The van der Waals surface area contributed by atoms with Gasteiger partial charge in [-0.3, -0.25) is 0 Å². The Bertz CT molecular complexity index is 665. The fourth-order valence-corrected chi connectivity index (χ4v) is 3.58. The lowest BCUT2D eigenvalue weighted by Crippen LogP contribution is -2.50. The van der Waals surface area contributed by atoms with Crippen LogP contribution in [0.15, 0.2) is 48.5 Å². The van der Waals surface area contributed by atoms with Crippen molar-refractivity contribution in [2.24, 2.45) is 0 Å². The van der Waals surface area contributed by atoms with E-state index in [1.807, 2.05) is 12.1 Å². The van der Waals surface area contributed by atoms with E-state index >= 15 is 0 Å². The lowest BCUT2D eigenvalue weighted by Gasteiger charge is -2.44. The molecule has 0 unspecified atom stereocenters. The van der Waals surface area contributed by atoms with Gasteiger partial charge in [-0.15, -0.1) is 0 Å². The zero-order valence-corrected chi connectivity index (χ0v) is 14.8. The molecule has 0 saturated heterocycles. The van der Waals surface area contributed by atoms with Crippen molar-refractivity contribution in [3.8, 4) is 5.75 Å². The van der Waals surface area contributed by atoms with Crippen molar-refractivity contribution in [1.29, 1.82) is 0 Å². The molecule has 2 aromatic carbocycles. The van der Waals surface area contributed by atoms with Crippen LogP contribution in [0.3, 0.4) is 0 Å². The average molecular weight is 324 g/mol. The maximum absolute atomic E-state index is 6.37. The number of para-hydroxylation sites is 1. The molecule has 0 saturated carbocycles. The number of nitrogens with zero attached hydrogens (tertiary/aromatic N) is 1. The Morgan fingerprint density at radius 2 is 1.79 bits per heavy atom. The van der Waals surface area contributed by atoms with E-state index in [1.54, 1.807) is 0 Å². The minimum atomic E-state index is -0.104. The number of rotatable bonds is 6. The van der Waals surface area contributed by atoms with E-state index in [9.17, 15) is 0 Å². The third-order valence-electron chi connectivity index (χ3n) is 5.18. The summed E-state index contributed by atoms with van der Waals surface area (Å²) in [6.07, 6.45) is 4.21. The second-order valence-electron chi connectivity index (χ2n) is 6.70. The number of hydrogen-bond donors (Lipinski definition) is 1. The Labute approximate surface area is 145 Å². The number of benzene rings is 2. The Kier molecular flexibility index (Phi) is 4.98. The van der Waals surface area contributed by atoms with Crippen molar-refractivity contribution < 1.29 is 4.74 Å². The highest BCUT2D eigenvalue weighted by molar-refractivity contribution is 5.76. The summed E-state index contributed by atoms with van der Waals surface area (Å²) in [5.41, 5.74) is 9.44. The first-order valence-electron chi connectivity index (χ1n) is 9.04. The molecule has 0 fully saturated rings. The molecule has 128 valence electrons. The standard InChI is InChI=1S/C21H28N2O/c1-3-21(4-2)16-23(15-9-12-17-10-6-5-7-11-17)20-18(22)13-8-14-19(20)24-21/h5-8,10-11,13-14H,3-4,9,12,15-16,22H2,1-2H3. The molecule has 0 radical (unpaired) electrons. The summed E-state index contributed by atoms with van der Waals surface area (Å²) < 4.78 is 6.37. The third kappa shape index (κ3) is 3.35. The van der Waals surface area contributed by atoms with Gasteiger partial charge in [0.15, 0.2) is 0 Å². The Morgan fingerprint density at radius 1 is 1.04 bits per heavy atom. The number of anilines is 2. The molecule has 1 heterocycles. The molecular weight excluding hydrogens is 296 g/mol. The quantitative estimate of drug-likeness (QED) is 0.785. The summed E-state index contributed by atoms with van der Waals surface area (Å²) in [5.74, 6) is 0.935. The fraction of sp³-hybridized carbons (Fsp3) is 0.429. The first kappa shape index (κ1) is 16.7. The molecule has 1 aliphatic rings. The Morgan fingerprint density at radius 3 is 2.50 bits per heavy atom. The second-order valence-corrected chi connectivity index (χ2v) is 6.70. The molecule has 3 nitrogen and oxygen atoms in total. The number of nitrogen functional groups attached to an aromatic ring is 1. The van der Waals surface area contributed by atoms with Gasteiger partial charge in [0.05, 0.1) is 12.2 Å². The van der Waals surface area contributed by atoms with E-state index < -0.39 is 0 Å². The highest BCUT2D eigenvalue weighted by Gasteiger charge is 2.37. The molecule has 2 N–H and O–H groups in total. The van der Waals surface area contributed by atoms with Crippen molar-refractivity contribution in [1.82, 2.24) is 0 Å². The van der Waals surface area contributed by atoms with E-state index in [1.165, 1.54) is 5.56 Å². The average Bonchev–Trinajstić information content (AvgIpc) is 2.62. The highest BCUT2D eigenvalue weighted by Crippen LogP contribution is 2.43. The van der Waals surface area contributed by atoms with Gasteiger partial charge < -0.3 is 15.4 Å². The number of ether oxygens (including phenoxy) is 1. The molecular formula is C21H28N2O. The number of aryl methyl sites for hydroxylation is 1. The van der Waals surface area contributed by atoms with E-state index in [0.717, 1.165) is 55.9 Å². The molecule has 0 aromatic heterocycles. The van der Waals surface area contributed by atoms with Crippen molar-refractivity contribution in [2.75, 3.05) is 23.7 Å². The van der Waals surface area contributed by atoms with Crippen molar-refractivity contribution in [3.05, 3.63) is 54.1 Å². The molecule has 0 aliphatic carbocycles. The van der Waals surface area contributed by atoms with Gasteiger partial charge in [-0.05, 0) is 43.4 Å². The molecule has 3 rings (SSSR count). The van der Waals surface area contributed by atoms with Gasteiger partial charge in [-0.25, -0.2) is 0 Å². The van der Waals surface area contributed by atoms with Crippen LogP contribution in [0.25, 0.3) is 0 Å². The summed E-state index contributed by atoms with van der Waals surface area (Å²) in [6.45, 7) is 6.34. The van der Waals surface area contributed by atoms with Gasteiger partial charge in [0, 0.05) is 6.54 Å². The largest absolute Gasteiger partial charge is 0.483 e. The van der Waals surface area contributed by atoms with Gasteiger partial charge >= 0.3 is 0 Å². The van der Waals surface area contributed by atoms with E-state index in [4.69, 9.17) is 10.5 Å². The lowest BCUT2D eigenvalue weighted by molar-refractivity contribution is 0.0576. The summed E-state index contributed by atoms with van der Waals surface area (Å²) in [5, 5.41) is 0.